The lowest BCUT2D eigenvalue weighted by Gasteiger charge is -2.37. The summed E-state index contributed by atoms with van der Waals surface area (Å²) in [6, 6.07) is 2.24. The fourth-order valence-electron chi connectivity index (χ4n) is 3.37. The van der Waals surface area contributed by atoms with Crippen LogP contribution in [0.5, 0.6) is 0 Å². The van der Waals surface area contributed by atoms with Gasteiger partial charge in [-0.3, -0.25) is 14.5 Å². The van der Waals surface area contributed by atoms with Gasteiger partial charge in [-0.25, -0.2) is 0 Å². The number of carbonyl (C=O) groups excluding carboxylic acids is 2. The Kier molecular flexibility index (Phi) is 3.38. The summed E-state index contributed by atoms with van der Waals surface area (Å²) >= 11 is 0. The van der Waals surface area contributed by atoms with Crippen molar-refractivity contribution < 1.29 is 9.59 Å². The summed E-state index contributed by atoms with van der Waals surface area (Å²) < 4.78 is 0. The number of hydrogen-bond acceptors (Lipinski definition) is 3. The molecular weight excluding hydrogens is 254 g/mol. The Hall–Kier alpha value is -1.62. The van der Waals surface area contributed by atoms with Gasteiger partial charge in [-0.2, -0.15) is 0 Å². The fourth-order valence-corrected chi connectivity index (χ4v) is 3.37. The first-order chi connectivity index (χ1) is 9.54. The predicted octanol–water partition coefficient (Wildman–Crippen LogP) is 1.12. The molecule has 20 heavy (non-hydrogen) atoms. The maximum absolute atomic E-state index is 12.4. The van der Waals surface area contributed by atoms with Gasteiger partial charge in [-0.15, -0.1) is 0 Å². The predicted molar refractivity (Wildman–Crippen MR) is 75.8 cm³/mol. The molecule has 3 heterocycles. The topological polar surface area (TPSA) is 56.4 Å². The second kappa shape index (κ2) is 5.05. The molecule has 5 heteroatoms. The maximum atomic E-state index is 12.4. The molecule has 1 unspecified atom stereocenters. The zero-order valence-electron chi connectivity index (χ0n) is 12.1. The fraction of sp³-hybridized carbons (Fsp3) is 0.600. The number of H-pyrrole nitrogens is 1. The minimum Gasteiger partial charge on any atom is -0.362 e. The Morgan fingerprint density at radius 2 is 2.20 bits per heavy atom. The van der Waals surface area contributed by atoms with Gasteiger partial charge in [-0.05, 0) is 26.3 Å². The zero-order chi connectivity index (χ0) is 14.3. The van der Waals surface area contributed by atoms with E-state index in [1.54, 1.807) is 0 Å². The number of amides is 1. The van der Waals surface area contributed by atoms with Gasteiger partial charge in [0.15, 0.2) is 5.78 Å². The number of piperazine rings is 1. The highest BCUT2D eigenvalue weighted by Gasteiger charge is 2.35. The molecule has 0 radical (unpaired) electrons. The number of aromatic nitrogens is 1. The maximum Gasteiger partial charge on any atom is 0.222 e. The second-order valence-corrected chi connectivity index (χ2v) is 5.93. The number of aryl methyl sites for hydroxylation is 2. The molecule has 2 saturated heterocycles. The number of rotatable bonds is 3. The first-order valence-electron chi connectivity index (χ1n) is 7.26. The number of Topliss-reactive ketones (excluding diaryl/α,β-unsaturated/α-hetero) is 1. The highest BCUT2D eigenvalue weighted by Crippen LogP contribution is 2.23. The van der Waals surface area contributed by atoms with Crippen LogP contribution in [0.2, 0.25) is 0 Å². The molecule has 1 aromatic heterocycles. The third-order valence-electron chi connectivity index (χ3n) is 4.40. The van der Waals surface area contributed by atoms with Crippen LogP contribution >= 0.6 is 0 Å². The molecule has 1 atom stereocenters. The van der Waals surface area contributed by atoms with E-state index in [0.717, 1.165) is 43.0 Å². The standard InChI is InChI=1S/C15H21N3O2/c1-10-7-13(11(2)16-10)14(19)9-17-5-6-18-12(8-17)3-4-15(18)20/h7,12,16H,3-6,8-9H2,1-2H3. The van der Waals surface area contributed by atoms with E-state index in [9.17, 15) is 9.59 Å². The van der Waals surface area contributed by atoms with Crippen molar-refractivity contribution in [3.63, 3.8) is 0 Å². The van der Waals surface area contributed by atoms with Gasteiger partial charge in [0.25, 0.3) is 0 Å². The van der Waals surface area contributed by atoms with Crippen LogP contribution in [0.15, 0.2) is 6.07 Å². The van der Waals surface area contributed by atoms with Crippen LogP contribution in [0.1, 0.15) is 34.6 Å². The van der Waals surface area contributed by atoms with Gasteiger partial charge in [0.1, 0.15) is 0 Å². The largest absolute Gasteiger partial charge is 0.362 e. The van der Waals surface area contributed by atoms with E-state index in [0.29, 0.717) is 19.0 Å². The smallest absolute Gasteiger partial charge is 0.222 e. The minimum absolute atomic E-state index is 0.171. The Morgan fingerprint density at radius 1 is 1.40 bits per heavy atom. The lowest BCUT2D eigenvalue weighted by atomic mass is 10.1. The van der Waals surface area contributed by atoms with Crippen LogP contribution in [0.3, 0.4) is 0 Å². The summed E-state index contributed by atoms with van der Waals surface area (Å²) in [4.78, 5) is 31.3. The Labute approximate surface area is 118 Å². The first-order valence-corrected chi connectivity index (χ1v) is 7.26. The molecule has 0 aromatic carbocycles. The number of carbonyl (C=O) groups is 2. The lowest BCUT2D eigenvalue weighted by molar-refractivity contribution is -0.130. The monoisotopic (exact) mass is 275 g/mol. The van der Waals surface area contributed by atoms with E-state index in [4.69, 9.17) is 0 Å². The summed E-state index contributed by atoms with van der Waals surface area (Å²) in [5.41, 5.74) is 2.77. The molecule has 2 fully saturated rings. The van der Waals surface area contributed by atoms with Gasteiger partial charge < -0.3 is 9.88 Å². The van der Waals surface area contributed by atoms with Crippen molar-refractivity contribution >= 4 is 11.7 Å². The van der Waals surface area contributed by atoms with Crippen molar-refractivity contribution in [2.75, 3.05) is 26.2 Å². The molecule has 1 N–H and O–H groups in total. The van der Waals surface area contributed by atoms with E-state index in [1.165, 1.54) is 0 Å². The molecule has 0 saturated carbocycles. The van der Waals surface area contributed by atoms with Crippen molar-refractivity contribution in [2.24, 2.45) is 0 Å². The molecule has 1 amide bonds. The van der Waals surface area contributed by atoms with E-state index >= 15 is 0 Å². The van der Waals surface area contributed by atoms with Crippen LogP contribution in [-0.2, 0) is 4.79 Å². The lowest BCUT2D eigenvalue weighted by Crippen LogP contribution is -2.52. The normalized spacial score (nSPS) is 23.2. The summed E-state index contributed by atoms with van der Waals surface area (Å²) in [5, 5.41) is 0. The van der Waals surface area contributed by atoms with Crippen LogP contribution in [0.4, 0.5) is 0 Å². The van der Waals surface area contributed by atoms with Crippen molar-refractivity contribution in [1.29, 1.82) is 0 Å². The summed E-state index contributed by atoms with van der Waals surface area (Å²) in [5.74, 6) is 0.447. The quantitative estimate of drug-likeness (QED) is 0.841. The van der Waals surface area contributed by atoms with Crippen LogP contribution in [0.25, 0.3) is 0 Å². The molecular formula is C15H21N3O2. The molecule has 1 aromatic rings. The number of nitrogens with one attached hydrogen (secondary N) is 1. The van der Waals surface area contributed by atoms with Crippen molar-refractivity contribution in [3.8, 4) is 0 Å². The van der Waals surface area contributed by atoms with Crippen LogP contribution < -0.4 is 0 Å². The van der Waals surface area contributed by atoms with Gasteiger partial charge in [-0.1, -0.05) is 0 Å². The molecule has 3 rings (SSSR count). The molecule has 2 aliphatic rings. The highest BCUT2D eigenvalue weighted by molar-refractivity contribution is 5.98. The zero-order valence-corrected chi connectivity index (χ0v) is 12.1. The second-order valence-electron chi connectivity index (χ2n) is 5.93. The molecule has 0 spiro atoms. The van der Waals surface area contributed by atoms with E-state index in [1.807, 2.05) is 24.8 Å². The molecule has 0 bridgehead atoms. The van der Waals surface area contributed by atoms with Crippen LogP contribution in [-0.4, -0.2) is 58.7 Å². The van der Waals surface area contributed by atoms with Gasteiger partial charge in [0, 0.05) is 49.0 Å². The van der Waals surface area contributed by atoms with Crippen molar-refractivity contribution in [1.82, 2.24) is 14.8 Å². The van der Waals surface area contributed by atoms with Crippen LogP contribution in [0, 0.1) is 13.8 Å². The Balaban J connectivity index is 1.63. The highest BCUT2D eigenvalue weighted by atomic mass is 16.2. The molecule has 2 aliphatic heterocycles. The average molecular weight is 275 g/mol. The molecule has 0 aliphatic carbocycles. The number of aromatic amines is 1. The summed E-state index contributed by atoms with van der Waals surface area (Å²) in [7, 11) is 0. The molecule has 5 nitrogen and oxygen atoms in total. The van der Waals surface area contributed by atoms with Crippen molar-refractivity contribution in [3.05, 3.63) is 23.0 Å². The van der Waals surface area contributed by atoms with Gasteiger partial charge in [0.05, 0.1) is 6.54 Å². The SMILES string of the molecule is Cc1cc(C(=O)CN2CCN3C(=O)CCC3C2)c(C)[nH]1. The number of fused-ring (bicyclic) bond motifs is 1. The first kappa shape index (κ1) is 13.4. The Bertz CT molecular complexity index is 549. The van der Waals surface area contributed by atoms with Crippen molar-refractivity contribution in [2.45, 2.75) is 32.7 Å². The number of ketones is 1. The summed E-state index contributed by atoms with van der Waals surface area (Å²) in [6.07, 6.45) is 1.61. The van der Waals surface area contributed by atoms with Gasteiger partial charge in [0.2, 0.25) is 5.91 Å². The average Bonchev–Trinajstić information content (AvgIpc) is 2.93. The van der Waals surface area contributed by atoms with E-state index in [-0.39, 0.29) is 11.7 Å². The minimum atomic E-state index is 0.171. The third kappa shape index (κ3) is 2.38. The Morgan fingerprint density at radius 3 is 2.90 bits per heavy atom. The van der Waals surface area contributed by atoms with E-state index in [2.05, 4.69) is 9.88 Å². The summed E-state index contributed by atoms with van der Waals surface area (Å²) in [6.45, 7) is 6.76. The number of hydrogen-bond donors (Lipinski definition) is 1. The van der Waals surface area contributed by atoms with E-state index < -0.39 is 0 Å². The number of nitrogens with zero attached hydrogens (tertiary/aromatic N) is 2. The van der Waals surface area contributed by atoms with Gasteiger partial charge >= 0.3 is 0 Å². The third-order valence-corrected chi connectivity index (χ3v) is 4.40. The molecule has 108 valence electrons.